The third-order valence-electron chi connectivity index (χ3n) is 7.71. The molecular weight excluding hydrogens is 454 g/mol. The second-order valence-electron chi connectivity index (χ2n) is 9.26. The highest BCUT2D eigenvalue weighted by atomic mass is 16.5. The molecule has 1 spiro atoms. The van der Waals surface area contributed by atoms with Crippen LogP contribution in [0.4, 0.5) is 5.69 Å². The highest BCUT2D eigenvalue weighted by Gasteiger charge is 2.72. The summed E-state index contributed by atoms with van der Waals surface area (Å²) in [6.07, 6.45) is 3.83. The monoisotopic (exact) mass is 479 g/mol. The highest BCUT2D eigenvalue weighted by Crippen LogP contribution is 2.61. The number of anilines is 1. The number of benzene rings is 3. The molecule has 2 heterocycles. The number of ether oxygens (including phenoxy) is 2. The van der Waals surface area contributed by atoms with Crippen molar-refractivity contribution in [1.82, 2.24) is 0 Å². The number of rotatable bonds is 4. The number of ketones is 2. The van der Waals surface area contributed by atoms with Crippen LogP contribution < -0.4 is 9.64 Å². The molecule has 0 saturated carbocycles. The van der Waals surface area contributed by atoms with Gasteiger partial charge in [-0.3, -0.25) is 9.59 Å². The van der Waals surface area contributed by atoms with Gasteiger partial charge in [0, 0.05) is 28.3 Å². The Morgan fingerprint density at radius 1 is 0.917 bits per heavy atom. The van der Waals surface area contributed by atoms with Gasteiger partial charge in [-0.15, -0.1) is 0 Å². The molecule has 3 aliphatic rings. The van der Waals surface area contributed by atoms with Crippen LogP contribution in [0, 0.1) is 5.41 Å². The van der Waals surface area contributed by atoms with Crippen LogP contribution in [0.3, 0.4) is 0 Å². The van der Waals surface area contributed by atoms with Crippen LogP contribution in [0.15, 0.2) is 78.9 Å². The van der Waals surface area contributed by atoms with E-state index in [2.05, 4.69) is 0 Å². The lowest BCUT2D eigenvalue weighted by Gasteiger charge is -2.36. The van der Waals surface area contributed by atoms with E-state index in [1.807, 2.05) is 72.5 Å². The van der Waals surface area contributed by atoms with Gasteiger partial charge in [0.15, 0.2) is 11.6 Å². The number of hydrogen-bond donors (Lipinski definition) is 0. The van der Waals surface area contributed by atoms with Gasteiger partial charge in [0.05, 0.1) is 19.8 Å². The van der Waals surface area contributed by atoms with E-state index < -0.39 is 29.4 Å². The lowest BCUT2D eigenvalue weighted by Crippen LogP contribution is -2.48. The summed E-state index contributed by atoms with van der Waals surface area (Å²) in [5.41, 5.74) is 1.56. The van der Waals surface area contributed by atoms with Crippen molar-refractivity contribution >= 4 is 29.3 Å². The summed E-state index contributed by atoms with van der Waals surface area (Å²) in [7, 11) is 1.34. The SMILES string of the molecule is CCOc1ccccc1C1C(C(=O)OC)N2c3ccccc3C=CC2C12C(=O)c1ccccc1C2=O. The third-order valence-corrected chi connectivity index (χ3v) is 7.71. The highest BCUT2D eigenvalue weighted by molar-refractivity contribution is 6.32. The van der Waals surface area contributed by atoms with Crippen molar-refractivity contribution in [2.45, 2.75) is 24.9 Å². The van der Waals surface area contributed by atoms with Crippen LogP contribution in [0.25, 0.3) is 6.08 Å². The summed E-state index contributed by atoms with van der Waals surface area (Å²) in [4.78, 5) is 44.4. The van der Waals surface area contributed by atoms with Crippen molar-refractivity contribution in [3.05, 3.63) is 101 Å². The number of Topliss-reactive ketones (excluding diaryl/α,β-unsaturated/α-hetero) is 2. The Morgan fingerprint density at radius 2 is 1.56 bits per heavy atom. The van der Waals surface area contributed by atoms with Gasteiger partial charge in [0.2, 0.25) is 0 Å². The largest absolute Gasteiger partial charge is 0.494 e. The first-order valence-electron chi connectivity index (χ1n) is 12.1. The minimum Gasteiger partial charge on any atom is -0.494 e. The Kier molecular flexibility index (Phi) is 5.07. The van der Waals surface area contributed by atoms with Crippen molar-refractivity contribution in [1.29, 1.82) is 0 Å². The first-order valence-corrected chi connectivity index (χ1v) is 12.1. The number of fused-ring (bicyclic) bond motifs is 5. The van der Waals surface area contributed by atoms with Crippen molar-refractivity contribution in [2.24, 2.45) is 5.41 Å². The summed E-state index contributed by atoms with van der Waals surface area (Å²) in [6.45, 7) is 2.28. The average Bonchev–Trinajstić information content (AvgIpc) is 3.35. The van der Waals surface area contributed by atoms with E-state index in [-0.39, 0.29) is 11.6 Å². The molecule has 1 fully saturated rings. The zero-order valence-electron chi connectivity index (χ0n) is 20.0. The number of esters is 1. The number of nitrogens with zero attached hydrogens (tertiary/aromatic N) is 1. The van der Waals surface area contributed by atoms with E-state index >= 15 is 0 Å². The van der Waals surface area contributed by atoms with Crippen molar-refractivity contribution < 1.29 is 23.9 Å². The molecule has 6 heteroatoms. The molecule has 180 valence electrons. The molecule has 2 aliphatic heterocycles. The van der Waals surface area contributed by atoms with Gasteiger partial charge >= 0.3 is 5.97 Å². The number of methoxy groups -OCH3 is 1. The van der Waals surface area contributed by atoms with Gasteiger partial charge in [-0.1, -0.05) is 72.8 Å². The number of carbonyl (C=O) groups is 3. The lowest BCUT2D eigenvalue weighted by atomic mass is 9.64. The molecule has 0 amide bonds. The van der Waals surface area contributed by atoms with E-state index in [0.717, 1.165) is 11.3 Å². The third kappa shape index (κ3) is 2.75. The second-order valence-corrected chi connectivity index (χ2v) is 9.26. The second kappa shape index (κ2) is 8.19. The topological polar surface area (TPSA) is 72.9 Å². The molecule has 1 saturated heterocycles. The van der Waals surface area contributed by atoms with E-state index in [1.165, 1.54) is 7.11 Å². The van der Waals surface area contributed by atoms with E-state index in [4.69, 9.17) is 9.47 Å². The molecule has 3 aromatic rings. The zero-order valence-corrected chi connectivity index (χ0v) is 20.0. The molecular formula is C30H25NO5. The molecule has 36 heavy (non-hydrogen) atoms. The Morgan fingerprint density at radius 3 is 2.25 bits per heavy atom. The standard InChI is InChI=1S/C30H25NO5/c1-3-36-23-15-9-7-13-21(23)25-26(29(34)35-2)31-22-14-8-4-10-18(22)16-17-24(31)30(25)27(32)19-11-5-6-12-20(19)28(30)33/h4-17,24-26H,3H2,1-2H3. The van der Waals surface area contributed by atoms with Gasteiger partial charge in [0.25, 0.3) is 0 Å². The van der Waals surface area contributed by atoms with Gasteiger partial charge in [-0.05, 0) is 24.6 Å². The van der Waals surface area contributed by atoms with Gasteiger partial charge < -0.3 is 14.4 Å². The van der Waals surface area contributed by atoms with Gasteiger partial charge in [0.1, 0.15) is 17.2 Å². The Hall–Kier alpha value is -4.19. The zero-order chi connectivity index (χ0) is 25.0. The Bertz CT molecular complexity index is 1410. The van der Waals surface area contributed by atoms with Crippen molar-refractivity contribution in [2.75, 3.05) is 18.6 Å². The maximum atomic E-state index is 14.4. The van der Waals surface area contributed by atoms with Crippen molar-refractivity contribution in [3.8, 4) is 5.75 Å². The summed E-state index contributed by atoms with van der Waals surface area (Å²) in [5.74, 6) is -1.34. The summed E-state index contributed by atoms with van der Waals surface area (Å²) in [6, 6.07) is 20.4. The quantitative estimate of drug-likeness (QED) is 0.399. The molecule has 0 bridgehead atoms. The fourth-order valence-corrected chi connectivity index (χ4v) is 6.38. The Labute approximate surface area is 209 Å². The van der Waals surface area contributed by atoms with Gasteiger partial charge in [-0.25, -0.2) is 4.79 Å². The van der Waals surface area contributed by atoms with E-state index in [1.54, 1.807) is 24.3 Å². The minimum absolute atomic E-state index is 0.273. The molecule has 6 rings (SSSR count). The Balaban J connectivity index is 1.70. The normalized spacial score (nSPS) is 22.8. The van der Waals surface area contributed by atoms with Crippen LogP contribution in [0.1, 0.15) is 44.7 Å². The average molecular weight is 480 g/mol. The van der Waals surface area contributed by atoms with Crippen LogP contribution >= 0.6 is 0 Å². The maximum absolute atomic E-state index is 14.4. The molecule has 0 aromatic heterocycles. The predicted octanol–water partition coefficient (Wildman–Crippen LogP) is 4.69. The number of para-hydroxylation sites is 2. The van der Waals surface area contributed by atoms with Crippen molar-refractivity contribution in [3.63, 3.8) is 0 Å². The van der Waals surface area contributed by atoms with E-state index in [9.17, 15) is 14.4 Å². The molecule has 3 unspecified atom stereocenters. The fourth-order valence-electron chi connectivity index (χ4n) is 6.38. The van der Waals surface area contributed by atoms with Crippen LogP contribution in [-0.4, -0.2) is 43.3 Å². The fraction of sp³-hybridized carbons (Fsp3) is 0.233. The van der Waals surface area contributed by atoms with Gasteiger partial charge in [-0.2, -0.15) is 0 Å². The lowest BCUT2D eigenvalue weighted by molar-refractivity contribution is -0.142. The summed E-state index contributed by atoms with van der Waals surface area (Å²) >= 11 is 0. The number of carbonyl (C=O) groups excluding carboxylic acids is 3. The predicted molar refractivity (Wildman–Crippen MR) is 135 cm³/mol. The van der Waals surface area contributed by atoms with Crippen LogP contribution in [-0.2, 0) is 9.53 Å². The van der Waals surface area contributed by atoms with Crippen LogP contribution in [0.5, 0.6) is 5.75 Å². The molecule has 3 aromatic carbocycles. The van der Waals surface area contributed by atoms with Crippen LogP contribution in [0.2, 0.25) is 0 Å². The molecule has 0 radical (unpaired) electrons. The molecule has 6 nitrogen and oxygen atoms in total. The summed E-state index contributed by atoms with van der Waals surface area (Å²) < 4.78 is 11.3. The minimum atomic E-state index is -1.56. The molecule has 0 N–H and O–H groups in total. The number of hydrogen-bond acceptors (Lipinski definition) is 6. The smallest absolute Gasteiger partial charge is 0.329 e. The first kappa shape index (κ1) is 22.3. The van der Waals surface area contributed by atoms with E-state index in [0.29, 0.717) is 29.0 Å². The summed E-state index contributed by atoms with van der Waals surface area (Å²) in [5, 5.41) is 0. The molecule has 1 aliphatic carbocycles. The maximum Gasteiger partial charge on any atom is 0.329 e. The first-order chi connectivity index (χ1) is 17.6. The molecule has 3 atom stereocenters.